The topological polar surface area (TPSA) is 65.2 Å². The van der Waals surface area contributed by atoms with Gasteiger partial charge in [-0.1, -0.05) is 36.4 Å². The predicted molar refractivity (Wildman–Crippen MR) is 98.3 cm³/mol. The second kappa shape index (κ2) is 8.14. The Morgan fingerprint density at radius 3 is 2.26 bits per heavy atom. The van der Waals surface area contributed by atoms with Crippen LogP contribution in [0.1, 0.15) is 11.1 Å². The fraction of sp³-hybridized carbons (Fsp3) is 0.176. The fourth-order valence-corrected chi connectivity index (χ4v) is 2.29. The van der Waals surface area contributed by atoms with Gasteiger partial charge in [0.25, 0.3) is 5.91 Å². The minimum Gasteiger partial charge on any atom is -0.376 e. The molecule has 0 bridgehead atoms. The van der Waals surface area contributed by atoms with E-state index in [0.717, 1.165) is 22.5 Å². The molecule has 0 atom stereocenters. The number of thiocarbonyl (C=S) groups is 1. The molecule has 4 N–H and O–H groups in total. The van der Waals surface area contributed by atoms with Crippen LogP contribution in [-0.2, 0) is 4.79 Å². The van der Waals surface area contributed by atoms with E-state index in [9.17, 15) is 4.79 Å². The van der Waals surface area contributed by atoms with E-state index in [1.807, 2.05) is 62.4 Å². The highest BCUT2D eigenvalue weighted by Gasteiger charge is 2.05. The molecule has 0 radical (unpaired) electrons. The zero-order valence-electron chi connectivity index (χ0n) is 13.1. The van der Waals surface area contributed by atoms with Crippen molar-refractivity contribution in [1.29, 1.82) is 0 Å². The molecule has 0 spiro atoms. The van der Waals surface area contributed by atoms with E-state index in [2.05, 4.69) is 21.5 Å². The number of anilines is 2. The summed E-state index contributed by atoms with van der Waals surface area (Å²) in [5.41, 5.74) is 9.28. The minimum atomic E-state index is -0.204. The van der Waals surface area contributed by atoms with Crippen molar-refractivity contribution >= 4 is 34.6 Å². The summed E-state index contributed by atoms with van der Waals surface area (Å²) in [7, 11) is 0. The first-order valence-corrected chi connectivity index (χ1v) is 7.68. The predicted octanol–water partition coefficient (Wildman–Crippen LogP) is 2.73. The van der Waals surface area contributed by atoms with Crippen molar-refractivity contribution in [3.05, 3.63) is 59.7 Å². The first-order chi connectivity index (χ1) is 11.1. The number of carbonyl (C=O) groups excluding carboxylic acids is 1. The average Bonchev–Trinajstić information content (AvgIpc) is 2.53. The minimum absolute atomic E-state index is 0.159. The highest BCUT2D eigenvalue weighted by molar-refractivity contribution is 7.80. The summed E-state index contributed by atoms with van der Waals surface area (Å²) < 4.78 is 0. The number of hydrazine groups is 1. The van der Waals surface area contributed by atoms with Gasteiger partial charge in [-0.3, -0.25) is 15.6 Å². The number of rotatable bonds is 4. The average molecular weight is 328 g/mol. The molecule has 6 heteroatoms. The molecule has 0 saturated carbocycles. The van der Waals surface area contributed by atoms with Gasteiger partial charge in [-0.2, -0.15) is 0 Å². The molecule has 5 nitrogen and oxygen atoms in total. The highest BCUT2D eigenvalue weighted by Crippen LogP contribution is 2.18. The Kier molecular flexibility index (Phi) is 5.94. The van der Waals surface area contributed by atoms with Gasteiger partial charge in [-0.15, -0.1) is 0 Å². The number of hydrogen-bond acceptors (Lipinski definition) is 3. The Morgan fingerprint density at radius 2 is 1.61 bits per heavy atom. The molecule has 2 aromatic rings. The van der Waals surface area contributed by atoms with Gasteiger partial charge in [0.15, 0.2) is 5.11 Å². The molecule has 0 aliphatic heterocycles. The van der Waals surface area contributed by atoms with Crippen molar-refractivity contribution in [1.82, 2.24) is 10.9 Å². The van der Waals surface area contributed by atoms with Crippen LogP contribution in [0.3, 0.4) is 0 Å². The maximum atomic E-state index is 11.9. The third-order valence-corrected chi connectivity index (χ3v) is 3.46. The monoisotopic (exact) mass is 328 g/mol. The summed E-state index contributed by atoms with van der Waals surface area (Å²) >= 11 is 5.12. The van der Waals surface area contributed by atoms with E-state index in [1.165, 1.54) is 0 Å². The Balaban J connectivity index is 1.76. The molecule has 2 rings (SSSR count). The molecule has 0 aromatic heterocycles. The number of carbonyl (C=O) groups is 1. The van der Waals surface area contributed by atoms with Crippen molar-refractivity contribution < 1.29 is 4.79 Å². The van der Waals surface area contributed by atoms with Gasteiger partial charge < -0.3 is 10.6 Å². The third-order valence-electron chi connectivity index (χ3n) is 3.25. The van der Waals surface area contributed by atoms with E-state index in [-0.39, 0.29) is 12.5 Å². The van der Waals surface area contributed by atoms with E-state index in [1.54, 1.807) is 0 Å². The Bertz CT molecular complexity index is 668. The highest BCUT2D eigenvalue weighted by atomic mass is 32.1. The molecule has 1 amide bonds. The first kappa shape index (κ1) is 16.8. The van der Waals surface area contributed by atoms with E-state index in [4.69, 9.17) is 12.2 Å². The van der Waals surface area contributed by atoms with Crippen LogP contribution in [0.2, 0.25) is 0 Å². The molecule has 0 aliphatic carbocycles. The number of benzene rings is 2. The molecule has 2 aromatic carbocycles. The normalized spacial score (nSPS) is 9.83. The summed E-state index contributed by atoms with van der Waals surface area (Å²) in [4.78, 5) is 11.9. The number of amides is 1. The zero-order valence-corrected chi connectivity index (χ0v) is 14.0. The van der Waals surface area contributed by atoms with Gasteiger partial charge >= 0.3 is 0 Å². The number of nitrogens with one attached hydrogen (secondary N) is 4. The molecule has 0 heterocycles. The van der Waals surface area contributed by atoms with E-state index in [0.29, 0.717) is 5.11 Å². The summed E-state index contributed by atoms with van der Waals surface area (Å²) in [6, 6.07) is 15.5. The second-order valence-corrected chi connectivity index (χ2v) is 5.52. The molecule has 0 saturated heterocycles. The number of aryl methyl sites for hydroxylation is 2. The lowest BCUT2D eigenvalue weighted by molar-refractivity contribution is -0.119. The molecule has 23 heavy (non-hydrogen) atoms. The van der Waals surface area contributed by atoms with Gasteiger partial charge in [0.2, 0.25) is 0 Å². The van der Waals surface area contributed by atoms with E-state index < -0.39 is 0 Å². The van der Waals surface area contributed by atoms with Crippen LogP contribution in [0.15, 0.2) is 48.5 Å². The SMILES string of the molecule is Cc1cccc(C)c1NCC(=O)NNC(=S)Nc1ccccc1. The van der Waals surface area contributed by atoms with Crippen molar-refractivity contribution in [2.24, 2.45) is 0 Å². The molecular weight excluding hydrogens is 308 g/mol. The quantitative estimate of drug-likeness (QED) is 0.513. The molecule has 0 aliphatic rings. The Hall–Kier alpha value is -2.60. The van der Waals surface area contributed by atoms with Gasteiger partial charge in [0, 0.05) is 11.4 Å². The van der Waals surface area contributed by atoms with Crippen molar-refractivity contribution in [3.63, 3.8) is 0 Å². The maximum Gasteiger partial charge on any atom is 0.257 e. The summed E-state index contributed by atoms with van der Waals surface area (Å²) in [5.74, 6) is -0.204. The maximum absolute atomic E-state index is 11.9. The largest absolute Gasteiger partial charge is 0.376 e. The second-order valence-electron chi connectivity index (χ2n) is 5.11. The molecular formula is C17H20N4OS. The molecule has 0 unspecified atom stereocenters. The van der Waals surface area contributed by atoms with Crippen molar-refractivity contribution in [2.75, 3.05) is 17.2 Å². The van der Waals surface area contributed by atoms with Gasteiger partial charge in [-0.05, 0) is 49.3 Å². The summed E-state index contributed by atoms with van der Waals surface area (Å²) in [6.07, 6.45) is 0. The number of hydrogen-bond donors (Lipinski definition) is 4. The van der Waals surface area contributed by atoms with Gasteiger partial charge in [-0.25, -0.2) is 0 Å². The van der Waals surface area contributed by atoms with Crippen LogP contribution >= 0.6 is 12.2 Å². The lowest BCUT2D eigenvalue weighted by atomic mass is 10.1. The van der Waals surface area contributed by atoms with Crippen LogP contribution in [0, 0.1) is 13.8 Å². The molecule has 0 fully saturated rings. The van der Waals surface area contributed by atoms with Crippen LogP contribution in [-0.4, -0.2) is 17.6 Å². The van der Waals surface area contributed by atoms with Crippen LogP contribution in [0.25, 0.3) is 0 Å². The van der Waals surface area contributed by atoms with Crippen LogP contribution < -0.4 is 21.5 Å². The standard InChI is InChI=1S/C17H20N4OS/c1-12-7-6-8-13(2)16(12)18-11-15(22)20-21-17(23)19-14-9-4-3-5-10-14/h3-10,18H,11H2,1-2H3,(H,20,22)(H2,19,21,23). The number of para-hydroxylation sites is 2. The van der Waals surface area contributed by atoms with Crippen molar-refractivity contribution in [3.8, 4) is 0 Å². The van der Waals surface area contributed by atoms with Crippen LogP contribution in [0.4, 0.5) is 11.4 Å². The lowest BCUT2D eigenvalue weighted by Crippen LogP contribution is -2.45. The van der Waals surface area contributed by atoms with Gasteiger partial charge in [0.1, 0.15) is 0 Å². The van der Waals surface area contributed by atoms with Crippen molar-refractivity contribution in [2.45, 2.75) is 13.8 Å². The summed E-state index contributed by atoms with van der Waals surface area (Å²) in [6.45, 7) is 4.17. The molecule has 120 valence electrons. The Morgan fingerprint density at radius 1 is 0.957 bits per heavy atom. The van der Waals surface area contributed by atoms with E-state index >= 15 is 0 Å². The Labute approximate surface area is 141 Å². The summed E-state index contributed by atoms with van der Waals surface area (Å²) in [5, 5.41) is 6.44. The van der Waals surface area contributed by atoms with Crippen LogP contribution in [0.5, 0.6) is 0 Å². The lowest BCUT2D eigenvalue weighted by Gasteiger charge is -2.14. The first-order valence-electron chi connectivity index (χ1n) is 7.27. The fourth-order valence-electron chi connectivity index (χ4n) is 2.12. The van der Waals surface area contributed by atoms with Gasteiger partial charge in [0.05, 0.1) is 6.54 Å². The zero-order chi connectivity index (χ0) is 16.7. The third kappa shape index (κ3) is 5.27. The smallest absolute Gasteiger partial charge is 0.257 e.